The lowest BCUT2D eigenvalue weighted by Crippen LogP contribution is -2.02. The molecule has 118 valence electrons. The first-order chi connectivity index (χ1) is 10.7. The van der Waals surface area contributed by atoms with Gasteiger partial charge >= 0.3 is 0 Å². The maximum absolute atomic E-state index is 10.2. The molecule has 0 aliphatic rings. The highest BCUT2D eigenvalue weighted by Crippen LogP contribution is 2.29. The Hall–Kier alpha value is -2.07. The first-order valence-corrected chi connectivity index (χ1v) is 7.71. The Kier molecular flexibility index (Phi) is 6.22. The fourth-order valence-electron chi connectivity index (χ4n) is 2.29. The molecule has 1 unspecified atom stereocenters. The lowest BCUT2D eigenvalue weighted by Gasteiger charge is -2.14. The normalized spacial score (nSPS) is 12.0. The maximum atomic E-state index is 10.2. The Balaban J connectivity index is 2.02. The molecule has 2 aromatic rings. The number of pyridine rings is 1. The van der Waals surface area contributed by atoms with Crippen LogP contribution in [0.2, 0.25) is 0 Å². The summed E-state index contributed by atoms with van der Waals surface area (Å²) in [7, 11) is 0. The molecule has 0 fully saturated rings. The van der Waals surface area contributed by atoms with Crippen molar-refractivity contribution in [2.24, 2.45) is 0 Å². The lowest BCUT2D eigenvalue weighted by atomic mass is 10.0. The van der Waals surface area contributed by atoms with Gasteiger partial charge in [0.25, 0.3) is 0 Å². The average Bonchev–Trinajstić information content (AvgIpc) is 2.56. The largest absolute Gasteiger partial charge is 0.490 e. The van der Waals surface area contributed by atoms with Crippen LogP contribution in [0.4, 0.5) is 0 Å². The number of hydrogen-bond donors (Lipinski definition) is 1. The number of hydrogen-bond acceptors (Lipinski definition) is 4. The van der Waals surface area contributed by atoms with Crippen molar-refractivity contribution in [3.8, 4) is 11.5 Å². The van der Waals surface area contributed by atoms with Gasteiger partial charge in [0.05, 0.1) is 19.3 Å². The summed E-state index contributed by atoms with van der Waals surface area (Å²) in [5.41, 5.74) is 1.97. The molecule has 0 aliphatic carbocycles. The quantitative estimate of drug-likeness (QED) is 0.810. The molecule has 22 heavy (non-hydrogen) atoms. The van der Waals surface area contributed by atoms with Crippen molar-refractivity contribution in [2.75, 3.05) is 13.2 Å². The molecule has 2 rings (SSSR count). The van der Waals surface area contributed by atoms with E-state index in [1.165, 1.54) is 0 Å². The Bertz CT molecular complexity index is 572. The van der Waals surface area contributed by atoms with Crippen LogP contribution in [0.15, 0.2) is 42.7 Å². The number of nitrogens with zero attached hydrogens (tertiary/aromatic N) is 1. The Labute approximate surface area is 131 Å². The summed E-state index contributed by atoms with van der Waals surface area (Å²) in [5, 5.41) is 10.2. The van der Waals surface area contributed by atoms with E-state index in [2.05, 4.69) is 4.98 Å². The third kappa shape index (κ3) is 4.46. The van der Waals surface area contributed by atoms with Crippen LogP contribution in [0.5, 0.6) is 11.5 Å². The molecular weight excluding hydrogens is 278 g/mol. The summed E-state index contributed by atoms with van der Waals surface area (Å²) < 4.78 is 11.2. The molecule has 0 saturated heterocycles. The van der Waals surface area contributed by atoms with Crippen LogP contribution in [0.1, 0.15) is 37.5 Å². The SMILES string of the molecule is CCOc1ccc(CCC(O)c2cccnc2)cc1OCC. The zero-order valence-corrected chi connectivity index (χ0v) is 13.2. The average molecular weight is 301 g/mol. The summed E-state index contributed by atoms with van der Waals surface area (Å²) in [6.07, 6.45) is 4.31. The van der Waals surface area contributed by atoms with E-state index in [4.69, 9.17) is 9.47 Å². The van der Waals surface area contributed by atoms with Gasteiger partial charge in [-0.2, -0.15) is 0 Å². The minimum absolute atomic E-state index is 0.504. The molecule has 4 nitrogen and oxygen atoms in total. The highest BCUT2D eigenvalue weighted by Gasteiger charge is 2.10. The first-order valence-electron chi connectivity index (χ1n) is 7.71. The van der Waals surface area contributed by atoms with E-state index in [0.29, 0.717) is 19.6 Å². The zero-order chi connectivity index (χ0) is 15.8. The highest BCUT2D eigenvalue weighted by molar-refractivity contribution is 5.43. The van der Waals surface area contributed by atoms with Crippen molar-refractivity contribution in [1.82, 2.24) is 4.98 Å². The van der Waals surface area contributed by atoms with Crippen LogP contribution in [0.25, 0.3) is 0 Å². The smallest absolute Gasteiger partial charge is 0.161 e. The van der Waals surface area contributed by atoms with E-state index in [1.807, 2.05) is 44.2 Å². The van der Waals surface area contributed by atoms with Crippen LogP contribution in [0.3, 0.4) is 0 Å². The standard InChI is InChI=1S/C18H23NO3/c1-3-21-17-10-8-14(12-18(17)22-4-2)7-9-16(20)15-6-5-11-19-13-15/h5-6,8,10-13,16,20H,3-4,7,9H2,1-2H3. The molecule has 0 aliphatic heterocycles. The van der Waals surface area contributed by atoms with Gasteiger partial charge in [-0.3, -0.25) is 4.98 Å². The number of aromatic nitrogens is 1. The second-order valence-electron chi connectivity index (χ2n) is 4.99. The van der Waals surface area contributed by atoms with Gasteiger partial charge in [-0.25, -0.2) is 0 Å². The van der Waals surface area contributed by atoms with Crippen LogP contribution >= 0.6 is 0 Å². The summed E-state index contributed by atoms with van der Waals surface area (Å²) in [4.78, 5) is 4.03. The fraction of sp³-hybridized carbons (Fsp3) is 0.389. The van der Waals surface area contributed by atoms with Gasteiger partial charge in [-0.05, 0) is 56.0 Å². The van der Waals surface area contributed by atoms with E-state index < -0.39 is 6.10 Å². The van der Waals surface area contributed by atoms with Crippen LogP contribution in [-0.2, 0) is 6.42 Å². The van der Waals surface area contributed by atoms with Crippen molar-refractivity contribution >= 4 is 0 Å². The number of aryl methyl sites for hydroxylation is 1. The minimum atomic E-state index is -0.504. The summed E-state index contributed by atoms with van der Waals surface area (Å²) in [6, 6.07) is 9.66. The summed E-state index contributed by atoms with van der Waals surface area (Å²) in [6.45, 7) is 5.11. The molecular formula is C18H23NO3. The predicted octanol–water partition coefficient (Wildman–Crippen LogP) is 3.55. The molecule has 4 heteroatoms. The van der Waals surface area contributed by atoms with E-state index in [9.17, 15) is 5.11 Å². The third-order valence-electron chi connectivity index (χ3n) is 3.38. The Morgan fingerprint density at radius 2 is 1.86 bits per heavy atom. The molecule has 1 aromatic carbocycles. The Morgan fingerprint density at radius 1 is 1.09 bits per heavy atom. The molecule has 0 saturated carbocycles. The van der Waals surface area contributed by atoms with Gasteiger partial charge in [-0.15, -0.1) is 0 Å². The maximum Gasteiger partial charge on any atom is 0.161 e. The second kappa shape index (κ2) is 8.39. The number of ether oxygens (including phenoxy) is 2. The van der Waals surface area contributed by atoms with Crippen LogP contribution < -0.4 is 9.47 Å². The van der Waals surface area contributed by atoms with E-state index >= 15 is 0 Å². The van der Waals surface area contributed by atoms with Crippen molar-refractivity contribution in [1.29, 1.82) is 0 Å². The van der Waals surface area contributed by atoms with Crippen molar-refractivity contribution in [2.45, 2.75) is 32.8 Å². The van der Waals surface area contributed by atoms with Gasteiger partial charge in [0.15, 0.2) is 11.5 Å². The lowest BCUT2D eigenvalue weighted by molar-refractivity contribution is 0.167. The monoisotopic (exact) mass is 301 g/mol. The van der Waals surface area contributed by atoms with E-state index in [0.717, 1.165) is 29.0 Å². The van der Waals surface area contributed by atoms with Crippen molar-refractivity contribution < 1.29 is 14.6 Å². The van der Waals surface area contributed by atoms with Gasteiger partial charge in [0, 0.05) is 12.4 Å². The highest BCUT2D eigenvalue weighted by atomic mass is 16.5. The van der Waals surface area contributed by atoms with Crippen molar-refractivity contribution in [3.63, 3.8) is 0 Å². The van der Waals surface area contributed by atoms with Crippen molar-refractivity contribution in [3.05, 3.63) is 53.9 Å². The number of aliphatic hydroxyl groups is 1. The number of benzene rings is 1. The molecule has 1 N–H and O–H groups in total. The van der Waals surface area contributed by atoms with Gasteiger partial charge in [0.2, 0.25) is 0 Å². The fourth-order valence-corrected chi connectivity index (χ4v) is 2.29. The Morgan fingerprint density at radius 3 is 2.55 bits per heavy atom. The molecule has 1 atom stereocenters. The zero-order valence-electron chi connectivity index (χ0n) is 13.2. The summed E-state index contributed by atoms with van der Waals surface area (Å²) >= 11 is 0. The van der Waals surface area contributed by atoms with E-state index in [-0.39, 0.29) is 0 Å². The molecule has 0 bridgehead atoms. The molecule has 1 heterocycles. The molecule has 0 spiro atoms. The van der Waals surface area contributed by atoms with Crippen LogP contribution in [-0.4, -0.2) is 23.3 Å². The first kappa shape index (κ1) is 16.3. The summed E-state index contributed by atoms with van der Waals surface area (Å²) in [5.74, 6) is 1.53. The van der Waals surface area contributed by atoms with Gasteiger partial charge in [0.1, 0.15) is 0 Å². The molecule has 0 radical (unpaired) electrons. The van der Waals surface area contributed by atoms with E-state index in [1.54, 1.807) is 12.4 Å². The molecule has 0 amide bonds. The van der Waals surface area contributed by atoms with Crippen LogP contribution in [0, 0.1) is 0 Å². The van der Waals surface area contributed by atoms with Gasteiger partial charge < -0.3 is 14.6 Å². The number of rotatable bonds is 8. The minimum Gasteiger partial charge on any atom is -0.490 e. The van der Waals surface area contributed by atoms with Gasteiger partial charge in [-0.1, -0.05) is 12.1 Å². The second-order valence-corrected chi connectivity index (χ2v) is 4.99. The number of aliphatic hydroxyl groups excluding tert-OH is 1. The molecule has 1 aromatic heterocycles. The topological polar surface area (TPSA) is 51.6 Å². The third-order valence-corrected chi connectivity index (χ3v) is 3.38. The predicted molar refractivity (Wildman–Crippen MR) is 86.3 cm³/mol.